The van der Waals surface area contributed by atoms with Gasteiger partial charge in [-0.15, -0.1) is 0 Å². The third kappa shape index (κ3) is 5.24. The number of hydrogen-bond donors (Lipinski definition) is 2. The van der Waals surface area contributed by atoms with Gasteiger partial charge in [-0.3, -0.25) is 4.68 Å². The lowest BCUT2D eigenvalue weighted by Gasteiger charge is -2.08. The normalized spacial score (nSPS) is 10.5. The van der Waals surface area contributed by atoms with E-state index in [0.29, 0.717) is 13.1 Å². The molecule has 0 aliphatic heterocycles. The first-order chi connectivity index (χ1) is 10.6. The number of carbonyl (C=O) groups excluding carboxylic acids is 1. The first-order valence-corrected chi connectivity index (χ1v) is 7.70. The minimum atomic E-state index is -0.126. The van der Waals surface area contributed by atoms with E-state index in [9.17, 15) is 4.79 Å². The molecule has 0 aliphatic carbocycles. The number of aryl methyl sites for hydroxylation is 3. The second-order valence-corrected chi connectivity index (χ2v) is 5.45. The lowest BCUT2D eigenvalue weighted by atomic mass is 10.1. The molecular formula is C17H24N4O. The molecule has 5 heteroatoms. The Morgan fingerprint density at radius 1 is 1.18 bits per heavy atom. The summed E-state index contributed by atoms with van der Waals surface area (Å²) in [4.78, 5) is 11.7. The second kappa shape index (κ2) is 8.22. The maximum Gasteiger partial charge on any atom is 0.315 e. The van der Waals surface area contributed by atoms with Crippen molar-refractivity contribution in [2.75, 3.05) is 6.54 Å². The average molecular weight is 300 g/mol. The van der Waals surface area contributed by atoms with E-state index in [0.717, 1.165) is 30.7 Å². The van der Waals surface area contributed by atoms with E-state index >= 15 is 0 Å². The highest BCUT2D eigenvalue weighted by atomic mass is 16.2. The third-order valence-electron chi connectivity index (χ3n) is 3.55. The highest BCUT2D eigenvalue weighted by molar-refractivity contribution is 5.73. The van der Waals surface area contributed by atoms with Crippen LogP contribution in [0.4, 0.5) is 4.79 Å². The highest BCUT2D eigenvalue weighted by Gasteiger charge is 2.04. The van der Waals surface area contributed by atoms with E-state index in [1.54, 1.807) is 4.68 Å². The Morgan fingerprint density at radius 3 is 2.64 bits per heavy atom. The van der Waals surface area contributed by atoms with Crippen LogP contribution in [0.25, 0.3) is 0 Å². The van der Waals surface area contributed by atoms with Gasteiger partial charge in [-0.25, -0.2) is 4.79 Å². The largest absolute Gasteiger partial charge is 0.338 e. The molecule has 22 heavy (non-hydrogen) atoms. The van der Waals surface area contributed by atoms with E-state index in [1.165, 1.54) is 5.56 Å². The molecule has 2 aromatic rings. The molecule has 2 amide bonds. The van der Waals surface area contributed by atoms with Crippen molar-refractivity contribution in [2.24, 2.45) is 7.05 Å². The highest BCUT2D eigenvalue weighted by Crippen LogP contribution is 2.04. The first-order valence-electron chi connectivity index (χ1n) is 7.70. The fraction of sp³-hybridized carbons (Fsp3) is 0.412. The Balaban J connectivity index is 1.57. The molecule has 2 N–H and O–H groups in total. The molecule has 5 nitrogen and oxygen atoms in total. The molecule has 0 fully saturated rings. The van der Waals surface area contributed by atoms with Crippen molar-refractivity contribution in [3.05, 3.63) is 53.3 Å². The molecule has 1 heterocycles. The van der Waals surface area contributed by atoms with E-state index in [2.05, 4.69) is 40.0 Å². The van der Waals surface area contributed by atoms with Crippen LogP contribution in [0.3, 0.4) is 0 Å². The number of urea groups is 1. The van der Waals surface area contributed by atoms with Gasteiger partial charge >= 0.3 is 6.03 Å². The predicted octanol–water partition coefficient (Wildman–Crippen LogP) is 2.55. The third-order valence-corrected chi connectivity index (χ3v) is 3.55. The van der Waals surface area contributed by atoms with Crippen LogP contribution in [-0.2, 0) is 20.0 Å². The zero-order chi connectivity index (χ0) is 15.8. The number of unbranched alkanes of at least 4 members (excludes halogenated alkanes) is 1. The summed E-state index contributed by atoms with van der Waals surface area (Å²) >= 11 is 0. The van der Waals surface area contributed by atoms with Crippen molar-refractivity contribution in [1.82, 2.24) is 20.4 Å². The van der Waals surface area contributed by atoms with Gasteiger partial charge in [0.25, 0.3) is 0 Å². The van der Waals surface area contributed by atoms with Gasteiger partial charge in [-0.05, 0) is 37.8 Å². The van der Waals surface area contributed by atoms with E-state index in [4.69, 9.17) is 0 Å². The summed E-state index contributed by atoms with van der Waals surface area (Å²) in [6, 6.07) is 12.3. The van der Waals surface area contributed by atoms with Gasteiger partial charge < -0.3 is 10.6 Å². The van der Waals surface area contributed by atoms with Crippen molar-refractivity contribution in [2.45, 2.75) is 32.7 Å². The van der Waals surface area contributed by atoms with Crippen LogP contribution in [0.1, 0.15) is 29.8 Å². The number of aromatic nitrogens is 2. The minimum absolute atomic E-state index is 0.126. The molecule has 0 aliphatic rings. The van der Waals surface area contributed by atoms with Gasteiger partial charge in [-0.2, -0.15) is 5.10 Å². The number of nitrogens with one attached hydrogen (secondary N) is 2. The van der Waals surface area contributed by atoms with Crippen LogP contribution in [0, 0.1) is 6.92 Å². The molecule has 0 radical (unpaired) electrons. The molecule has 0 saturated carbocycles. The summed E-state index contributed by atoms with van der Waals surface area (Å²) in [6.45, 7) is 3.13. The molecular weight excluding hydrogens is 276 g/mol. The summed E-state index contributed by atoms with van der Waals surface area (Å²) in [7, 11) is 1.88. The van der Waals surface area contributed by atoms with Crippen LogP contribution in [0.2, 0.25) is 0 Å². The number of carbonyl (C=O) groups is 1. The minimum Gasteiger partial charge on any atom is -0.338 e. The molecule has 1 aromatic heterocycles. The van der Waals surface area contributed by atoms with E-state index < -0.39 is 0 Å². The fourth-order valence-corrected chi connectivity index (χ4v) is 2.36. The van der Waals surface area contributed by atoms with Crippen molar-refractivity contribution >= 4 is 6.03 Å². The van der Waals surface area contributed by atoms with Gasteiger partial charge in [0.1, 0.15) is 0 Å². The number of amides is 2. The lowest BCUT2D eigenvalue weighted by Crippen LogP contribution is -2.36. The van der Waals surface area contributed by atoms with Gasteiger partial charge in [0.15, 0.2) is 0 Å². The van der Waals surface area contributed by atoms with Crippen LogP contribution < -0.4 is 10.6 Å². The van der Waals surface area contributed by atoms with Crippen LogP contribution >= 0.6 is 0 Å². The fourth-order valence-electron chi connectivity index (χ4n) is 2.36. The maximum absolute atomic E-state index is 11.7. The standard InChI is InChI=1S/C17H24N4O/c1-14-12-16(21(2)20-14)13-19-17(22)18-11-7-6-10-15-8-4-3-5-9-15/h3-5,8-9,12H,6-7,10-11,13H2,1-2H3,(H2,18,19,22). The summed E-state index contributed by atoms with van der Waals surface area (Å²) in [5, 5.41) is 9.99. The Hall–Kier alpha value is -2.30. The quantitative estimate of drug-likeness (QED) is 0.772. The summed E-state index contributed by atoms with van der Waals surface area (Å²) in [5.41, 5.74) is 3.30. The number of hydrogen-bond acceptors (Lipinski definition) is 2. The molecule has 0 unspecified atom stereocenters. The lowest BCUT2D eigenvalue weighted by molar-refractivity contribution is 0.240. The monoisotopic (exact) mass is 300 g/mol. The van der Waals surface area contributed by atoms with Gasteiger partial charge in [0, 0.05) is 13.6 Å². The predicted molar refractivity (Wildman–Crippen MR) is 87.6 cm³/mol. The molecule has 0 bridgehead atoms. The molecule has 0 atom stereocenters. The van der Waals surface area contributed by atoms with Crippen molar-refractivity contribution in [1.29, 1.82) is 0 Å². The summed E-state index contributed by atoms with van der Waals surface area (Å²) < 4.78 is 1.79. The smallest absolute Gasteiger partial charge is 0.315 e. The number of nitrogens with zero attached hydrogens (tertiary/aromatic N) is 2. The topological polar surface area (TPSA) is 59.0 Å². The Labute approximate surface area is 131 Å². The van der Waals surface area contributed by atoms with Crippen LogP contribution in [0.15, 0.2) is 36.4 Å². The van der Waals surface area contributed by atoms with Crippen LogP contribution in [-0.4, -0.2) is 22.4 Å². The zero-order valence-electron chi connectivity index (χ0n) is 13.3. The second-order valence-electron chi connectivity index (χ2n) is 5.45. The van der Waals surface area contributed by atoms with E-state index in [1.807, 2.05) is 26.1 Å². The Kier molecular flexibility index (Phi) is 6.01. The molecule has 0 spiro atoms. The maximum atomic E-state index is 11.7. The van der Waals surface area contributed by atoms with Crippen LogP contribution in [0.5, 0.6) is 0 Å². The molecule has 1 aromatic carbocycles. The number of benzene rings is 1. The molecule has 118 valence electrons. The number of rotatable bonds is 7. The first kappa shape index (κ1) is 16.1. The van der Waals surface area contributed by atoms with Crippen molar-refractivity contribution < 1.29 is 4.79 Å². The van der Waals surface area contributed by atoms with Crippen molar-refractivity contribution in [3.8, 4) is 0 Å². The average Bonchev–Trinajstić information content (AvgIpc) is 2.84. The van der Waals surface area contributed by atoms with Gasteiger partial charge in [0.05, 0.1) is 17.9 Å². The summed E-state index contributed by atoms with van der Waals surface area (Å²) in [5.74, 6) is 0. The van der Waals surface area contributed by atoms with E-state index in [-0.39, 0.29) is 6.03 Å². The molecule has 0 saturated heterocycles. The van der Waals surface area contributed by atoms with Gasteiger partial charge in [0.2, 0.25) is 0 Å². The zero-order valence-corrected chi connectivity index (χ0v) is 13.3. The SMILES string of the molecule is Cc1cc(CNC(=O)NCCCCc2ccccc2)n(C)n1. The van der Waals surface area contributed by atoms with Gasteiger partial charge in [-0.1, -0.05) is 30.3 Å². The Morgan fingerprint density at radius 2 is 1.95 bits per heavy atom. The Bertz CT molecular complexity index is 592. The van der Waals surface area contributed by atoms with Crippen molar-refractivity contribution in [3.63, 3.8) is 0 Å². The summed E-state index contributed by atoms with van der Waals surface area (Å²) in [6.07, 6.45) is 3.11. The molecule has 2 rings (SSSR count).